The number of carbonyl (C=O) groups excluding carboxylic acids is 2. The van der Waals surface area contributed by atoms with Crippen molar-refractivity contribution in [2.24, 2.45) is 0 Å². The third-order valence-electron chi connectivity index (χ3n) is 3.67. The topological polar surface area (TPSA) is 84.2 Å². The third kappa shape index (κ3) is 5.15. The first-order chi connectivity index (χ1) is 13.4. The van der Waals surface area contributed by atoms with Crippen molar-refractivity contribution in [2.45, 2.75) is 4.90 Å². The minimum absolute atomic E-state index is 0.241. The molecule has 142 valence electrons. The predicted molar refractivity (Wildman–Crippen MR) is 122 cm³/mol. The highest BCUT2D eigenvalue weighted by Crippen LogP contribution is 2.36. The van der Waals surface area contributed by atoms with Crippen LogP contribution in [-0.4, -0.2) is 11.1 Å². The monoisotopic (exact) mass is 519 g/mol. The first-order valence-corrected chi connectivity index (χ1v) is 10.5. The van der Waals surface area contributed by atoms with Gasteiger partial charge < -0.3 is 16.4 Å². The van der Waals surface area contributed by atoms with E-state index in [0.29, 0.717) is 36.5 Å². The van der Waals surface area contributed by atoms with Gasteiger partial charge in [-0.1, -0.05) is 46.3 Å². The molecule has 0 atom stereocenters. The fraction of sp³-hybridized carbons (Fsp3) is 0. The molecule has 0 bridgehead atoms. The number of hydrogen-bond donors (Lipinski definition) is 3. The molecule has 3 aromatic carbocycles. The zero-order chi connectivity index (χ0) is 20.1. The maximum absolute atomic E-state index is 12.9. The molecule has 0 unspecified atom stereocenters. The lowest BCUT2D eigenvalue weighted by Crippen LogP contribution is -2.21. The molecule has 28 heavy (non-hydrogen) atoms. The van der Waals surface area contributed by atoms with Crippen LogP contribution in [0.25, 0.3) is 0 Å². The van der Waals surface area contributed by atoms with E-state index in [2.05, 4.69) is 42.5 Å². The molecule has 3 rings (SSSR count). The maximum Gasteiger partial charge on any atom is 0.323 e. The van der Waals surface area contributed by atoms with Crippen LogP contribution in [0.1, 0.15) is 10.4 Å². The molecule has 0 aliphatic carbocycles. The molecule has 0 saturated carbocycles. The van der Waals surface area contributed by atoms with Gasteiger partial charge in [0.1, 0.15) is 0 Å². The molecule has 4 N–H and O–H groups in total. The number of amides is 2. The average molecular weight is 521 g/mol. The van der Waals surface area contributed by atoms with Crippen LogP contribution < -0.4 is 16.4 Å². The van der Waals surface area contributed by atoms with E-state index in [-0.39, 0.29) is 5.12 Å². The number of urea groups is 1. The highest BCUT2D eigenvalue weighted by Gasteiger charge is 2.19. The van der Waals surface area contributed by atoms with E-state index in [4.69, 9.17) is 5.73 Å². The number of nitrogens with two attached hydrogens (primary N) is 1. The summed E-state index contributed by atoms with van der Waals surface area (Å²) in [4.78, 5) is 26.0. The number of anilines is 3. The molecule has 0 radical (unpaired) electrons. The zero-order valence-electron chi connectivity index (χ0n) is 14.4. The Hall–Kier alpha value is -2.29. The van der Waals surface area contributed by atoms with E-state index in [1.807, 2.05) is 24.3 Å². The van der Waals surface area contributed by atoms with Gasteiger partial charge in [0.05, 0.1) is 11.3 Å². The van der Waals surface area contributed by atoms with E-state index in [0.717, 1.165) is 11.8 Å². The summed E-state index contributed by atoms with van der Waals surface area (Å²) in [7, 11) is 0. The number of thioether (sulfide) groups is 1. The molecular formula is C20H15Br2N3O2S. The van der Waals surface area contributed by atoms with Crippen molar-refractivity contribution in [1.29, 1.82) is 0 Å². The van der Waals surface area contributed by atoms with Crippen LogP contribution in [0.2, 0.25) is 0 Å². The molecule has 5 nitrogen and oxygen atoms in total. The smallest absolute Gasteiger partial charge is 0.323 e. The number of halogens is 2. The minimum atomic E-state index is -0.451. The Balaban J connectivity index is 1.86. The van der Waals surface area contributed by atoms with Gasteiger partial charge in [-0.2, -0.15) is 0 Å². The molecule has 0 heterocycles. The van der Waals surface area contributed by atoms with Gasteiger partial charge >= 0.3 is 6.03 Å². The van der Waals surface area contributed by atoms with Crippen LogP contribution in [-0.2, 0) is 0 Å². The van der Waals surface area contributed by atoms with Gasteiger partial charge in [-0.15, -0.1) is 0 Å². The number of carbonyl (C=O) groups is 2. The first-order valence-electron chi connectivity index (χ1n) is 8.13. The van der Waals surface area contributed by atoms with Crippen molar-refractivity contribution in [3.63, 3.8) is 0 Å². The maximum atomic E-state index is 12.9. The fourth-order valence-electron chi connectivity index (χ4n) is 2.39. The minimum Gasteiger partial charge on any atom is -0.398 e. The van der Waals surface area contributed by atoms with Crippen molar-refractivity contribution in [3.8, 4) is 0 Å². The van der Waals surface area contributed by atoms with Crippen LogP contribution >= 0.6 is 43.6 Å². The number of benzene rings is 3. The van der Waals surface area contributed by atoms with Gasteiger partial charge in [-0.3, -0.25) is 4.79 Å². The van der Waals surface area contributed by atoms with Gasteiger partial charge in [0, 0.05) is 25.2 Å². The lowest BCUT2D eigenvalue weighted by molar-refractivity contribution is 0.108. The Bertz CT molecular complexity index is 1030. The molecule has 0 aromatic heterocycles. The van der Waals surface area contributed by atoms with Crippen LogP contribution in [0, 0.1) is 0 Å². The van der Waals surface area contributed by atoms with Gasteiger partial charge in [0.15, 0.2) is 0 Å². The summed E-state index contributed by atoms with van der Waals surface area (Å²) < 4.78 is 1.29. The molecule has 0 aliphatic heterocycles. The Labute approximate surface area is 183 Å². The van der Waals surface area contributed by atoms with E-state index in [1.54, 1.807) is 42.5 Å². The lowest BCUT2D eigenvalue weighted by Gasteiger charge is -2.14. The normalized spacial score (nSPS) is 10.4. The summed E-state index contributed by atoms with van der Waals surface area (Å²) in [5.41, 5.74) is 7.83. The predicted octanol–water partition coefficient (Wildman–Crippen LogP) is 6.37. The number of nitrogen functional groups attached to an aromatic ring is 1. The van der Waals surface area contributed by atoms with Gasteiger partial charge in [0.2, 0.25) is 5.12 Å². The van der Waals surface area contributed by atoms with Gasteiger partial charge in [-0.05, 0) is 64.1 Å². The van der Waals surface area contributed by atoms with E-state index in [1.165, 1.54) is 0 Å². The SMILES string of the molecule is Nc1ccccc1SC(=O)c1cc(Br)cc(Br)c1NC(=O)Nc1ccccc1. The Morgan fingerprint density at radius 1 is 0.893 bits per heavy atom. The van der Waals surface area contributed by atoms with Gasteiger partial charge in [-0.25, -0.2) is 4.79 Å². The first kappa shape index (κ1) is 20.4. The summed E-state index contributed by atoms with van der Waals surface area (Å²) in [5, 5.41) is 5.25. The summed E-state index contributed by atoms with van der Waals surface area (Å²) in [6, 6.07) is 19.2. The number of hydrogen-bond acceptors (Lipinski definition) is 4. The average Bonchev–Trinajstić information content (AvgIpc) is 2.66. The summed E-state index contributed by atoms with van der Waals surface area (Å²) >= 11 is 7.82. The summed E-state index contributed by atoms with van der Waals surface area (Å²) in [6.45, 7) is 0. The number of nitrogens with one attached hydrogen (secondary N) is 2. The van der Waals surface area contributed by atoms with Crippen LogP contribution in [0.5, 0.6) is 0 Å². The third-order valence-corrected chi connectivity index (χ3v) is 5.75. The molecule has 2 amide bonds. The highest BCUT2D eigenvalue weighted by atomic mass is 79.9. The van der Waals surface area contributed by atoms with E-state index < -0.39 is 6.03 Å². The summed E-state index contributed by atoms with van der Waals surface area (Å²) in [6.07, 6.45) is 0. The Morgan fingerprint density at radius 2 is 1.57 bits per heavy atom. The quantitative estimate of drug-likeness (QED) is 0.275. The van der Waals surface area contributed by atoms with Crippen LogP contribution in [0.15, 0.2) is 80.6 Å². The largest absolute Gasteiger partial charge is 0.398 e. The molecule has 0 aliphatic rings. The van der Waals surface area contributed by atoms with Crippen molar-refractivity contribution in [2.75, 3.05) is 16.4 Å². The standard InChI is InChI=1S/C20H15Br2N3O2S/c21-12-10-14(19(26)28-17-9-5-4-8-16(17)23)18(15(22)11-12)25-20(27)24-13-6-2-1-3-7-13/h1-11H,23H2,(H2,24,25,27). The highest BCUT2D eigenvalue weighted by molar-refractivity contribution is 9.11. The number of para-hydroxylation sites is 2. The Kier molecular flexibility index (Phi) is 6.77. The van der Waals surface area contributed by atoms with Crippen molar-refractivity contribution < 1.29 is 9.59 Å². The number of rotatable bonds is 4. The molecule has 0 saturated heterocycles. The molecular weight excluding hydrogens is 506 g/mol. The second kappa shape index (κ2) is 9.27. The van der Waals surface area contributed by atoms with E-state index in [9.17, 15) is 9.59 Å². The molecule has 8 heteroatoms. The van der Waals surface area contributed by atoms with Crippen LogP contribution in [0.3, 0.4) is 0 Å². The fourth-order valence-corrected chi connectivity index (χ4v) is 4.51. The Morgan fingerprint density at radius 3 is 2.29 bits per heavy atom. The van der Waals surface area contributed by atoms with Crippen molar-refractivity contribution >= 4 is 71.8 Å². The van der Waals surface area contributed by atoms with Crippen molar-refractivity contribution in [1.82, 2.24) is 0 Å². The molecule has 0 fully saturated rings. The molecule has 3 aromatic rings. The van der Waals surface area contributed by atoms with Crippen LogP contribution in [0.4, 0.5) is 21.9 Å². The van der Waals surface area contributed by atoms with E-state index >= 15 is 0 Å². The van der Waals surface area contributed by atoms with Gasteiger partial charge in [0.25, 0.3) is 0 Å². The second-order valence-electron chi connectivity index (χ2n) is 5.68. The zero-order valence-corrected chi connectivity index (χ0v) is 18.4. The summed E-state index contributed by atoms with van der Waals surface area (Å²) in [5.74, 6) is 0. The lowest BCUT2D eigenvalue weighted by atomic mass is 10.2. The van der Waals surface area contributed by atoms with Crippen molar-refractivity contribution in [3.05, 3.63) is 81.2 Å². The molecule has 0 spiro atoms. The second-order valence-corrected chi connectivity index (χ2v) is 8.47.